The number of aromatic nitrogens is 3. The number of para-hydroxylation sites is 1. The molecule has 4 aromatic rings. The number of likely N-dealkylation sites (N-methyl/N-ethyl adjacent to an activating group) is 2. The molecule has 1 aliphatic heterocycles. The number of hydrogen-bond acceptors (Lipinski definition) is 7. The molecule has 0 bridgehead atoms. The zero-order valence-electron chi connectivity index (χ0n) is 25.4. The summed E-state index contributed by atoms with van der Waals surface area (Å²) in [5, 5.41) is 7.50. The molecule has 0 saturated carbocycles. The predicted molar refractivity (Wildman–Crippen MR) is 172 cm³/mol. The minimum absolute atomic E-state index is 0.233. The van der Waals surface area contributed by atoms with Crippen molar-refractivity contribution in [2.45, 2.75) is 38.6 Å². The molecule has 1 aliphatic rings. The highest BCUT2D eigenvalue weighted by molar-refractivity contribution is 6.02. The van der Waals surface area contributed by atoms with Crippen molar-refractivity contribution >= 4 is 39.8 Å². The molecule has 0 radical (unpaired) electrons. The van der Waals surface area contributed by atoms with Gasteiger partial charge in [0.2, 0.25) is 11.9 Å². The quantitative estimate of drug-likeness (QED) is 0.222. The van der Waals surface area contributed by atoms with E-state index in [4.69, 9.17) is 9.72 Å². The first-order chi connectivity index (χ1) is 20.2. The number of amides is 1. The van der Waals surface area contributed by atoms with Crippen molar-refractivity contribution in [1.82, 2.24) is 19.4 Å². The van der Waals surface area contributed by atoms with Crippen molar-refractivity contribution < 1.29 is 9.53 Å². The highest BCUT2D eigenvalue weighted by Gasteiger charge is 2.25. The fraction of sp³-hybridized carbons (Fsp3) is 0.364. The number of anilines is 4. The zero-order valence-corrected chi connectivity index (χ0v) is 25.4. The normalized spacial score (nSPS) is 15.3. The van der Waals surface area contributed by atoms with Crippen LogP contribution in [0.4, 0.5) is 23.0 Å². The van der Waals surface area contributed by atoms with Gasteiger partial charge >= 0.3 is 0 Å². The van der Waals surface area contributed by atoms with Crippen molar-refractivity contribution in [3.05, 3.63) is 67.0 Å². The summed E-state index contributed by atoms with van der Waals surface area (Å²) in [7, 11) is 7.90. The number of carbonyl (C=O) groups excluding carboxylic acids is 1. The second-order valence-corrected chi connectivity index (χ2v) is 11.4. The average Bonchev–Trinajstić information content (AvgIpc) is 3.54. The molecule has 3 heterocycles. The second kappa shape index (κ2) is 12.2. The summed E-state index contributed by atoms with van der Waals surface area (Å²) in [6.07, 6.45) is 7.63. The van der Waals surface area contributed by atoms with E-state index in [2.05, 4.69) is 88.9 Å². The molecule has 1 fully saturated rings. The molecule has 9 heteroatoms. The SMILES string of the molecule is C=CC(=O)Nc1cc(Nc2ncc(C(C)C)c(-c3cn(C)c4ccccc34)n2)c(OC)cc1N(C)CC1CCCN1C. The van der Waals surface area contributed by atoms with Crippen LogP contribution in [0.1, 0.15) is 38.2 Å². The number of ether oxygens (including phenoxy) is 1. The Bertz CT molecular complexity index is 1610. The van der Waals surface area contributed by atoms with Gasteiger partial charge in [0.25, 0.3) is 0 Å². The predicted octanol–water partition coefficient (Wildman–Crippen LogP) is 6.17. The Morgan fingerprint density at radius 1 is 1.24 bits per heavy atom. The van der Waals surface area contributed by atoms with Crippen molar-refractivity contribution in [1.29, 1.82) is 0 Å². The lowest BCUT2D eigenvalue weighted by Gasteiger charge is -2.29. The first-order valence-electron chi connectivity index (χ1n) is 14.4. The third kappa shape index (κ3) is 5.83. The van der Waals surface area contributed by atoms with E-state index in [-0.39, 0.29) is 11.8 Å². The smallest absolute Gasteiger partial charge is 0.247 e. The van der Waals surface area contributed by atoms with Gasteiger partial charge in [0.1, 0.15) is 5.75 Å². The van der Waals surface area contributed by atoms with E-state index < -0.39 is 0 Å². The van der Waals surface area contributed by atoms with Gasteiger partial charge in [-0.05, 0) is 56.1 Å². The van der Waals surface area contributed by atoms with E-state index in [0.29, 0.717) is 29.1 Å². The second-order valence-electron chi connectivity index (χ2n) is 11.4. The number of nitrogens with one attached hydrogen (secondary N) is 2. The Morgan fingerprint density at radius 3 is 2.71 bits per heavy atom. The maximum atomic E-state index is 12.5. The fourth-order valence-corrected chi connectivity index (χ4v) is 5.80. The average molecular weight is 568 g/mol. The lowest BCUT2D eigenvalue weighted by molar-refractivity contribution is -0.111. The van der Waals surface area contributed by atoms with Gasteiger partial charge in [-0.2, -0.15) is 0 Å². The van der Waals surface area contributed by atoms with Crippen LogP contribution in [0.15, 0.2) is 61.4 Å². The highest BCUT2D eigenvalue weighted by atomic mass is 16.5. The summed E-state index contributed by atoms with van der Waals surface area (Å²) in [5.74, 6) is 1.01. The van der Waals surface area contributed by atoms with Gasteiger partial charge in [-0.15, -0.1) is 0 Å². The van der Waals surface area contributed by atoms with E-state index in [1.165, 1.54) is 12.5 Å². The molecule has 2 aromatic heterocycles. The van der Waals surface area contributed by atoms with E-state index in [9.17, 15) is 4.79 Å². The summed E-state index contributed by atoms with van der Waals surface area (Å²) < 4.78 is 7.96. The van der Waals surface area contributed by atoms with Gasteiger partial charge in [-0.25, -0.2) is 9.97 Å². The number of hydrogen-bond donors (Lipinski definition) is 2. The van der Waals surface area contributed by atoms with Crippen LogP contribution in [0.5, 0.6) is 5.75 Å². The van der Waals surface area contributed by atoms with Crippen molar-refractivity contribution in [2.24, 2.45) is 7.05 Å². The molecule has 220 valence electrons. The number of fused-ring (bicyclic) bond motifs is 1. The van der Waals surface area contributed by atoms with Crippen molar-refractivity contribution in [3.63, 3.8) is 0 Å². The summed E-state index contributed by atoms with van der Waals surface area (Å²) in [4.78, 5) is 26.7. The zero-order chi connectivity index (χ0) is 30.0. The molecule has 1 atom stereocenters. The minimum atomic E-state index is -0.283. The topological polar surface area (TPSA) is 87.5 Å². The van der Waals surface area contributed by atoms with Crippen LogP contribution in [0.2, 0.25) is 0 Å². The van der Waals surface area contributed by atoms with Crippen LogP contribution in [0, 0.1) is 0 Å². The lowest BCUT2D eigenvalue weighted by Crippen LogP contribution is -2.37. The molecule has 42 heavy (non-hydrogen) atoms. The lowest BCUT2D eigenvalue weighted by atomic mass is 9.98. The van der Waals surface area contributed by atoms with Crippen LogP contribution in [-0.2, 0) is 11.8 Å². The van der Waals surface area contributed by atoms with Crippen LogP contribution in [0.3, 0.4) is 0 Å². The van der Waals surface area contributed by atoms with Gasteiger partial charge in [0, 0.05) is 61.6 Å². The molecule has 1 amide bonds. The third-order valence-corrected chi connectivity index (χ3v) is 8.17. The Kier molecular flexibility index (Phi) is 8.49. The first kappa shape index (κ1) is 29.1. The number of likely N-dealkylation sites (tertiary alicyclic amines) is 1. The van der Waals surface area contributed by atoms with E-state index >= 15 is 0 Å². The summed E-state index contributed by atoms with van der Waals surface area (Å²) in [5.41, 5.74) is 6.31. The van der Waals surface area contributed by atoms with Gasteiger partial charge in [-0.3, -0.25) is 4.79 Å². The largest absolute Gasteiger partial charge is 0.494 e. The molecule has 2 N–H and O–H groups in total. The Balaban J connectivity index is 1.55. The van der Waals surface area contributed by atoms with E-state index in [1.54, 1.807) is 7.11 Å². The molecule has 0 spiro atoms. The summed E-state index contributed by atoms with van der Waals surface area (Å²) in [6.45, 7) is 9.87. The molecule has 0 aliphatic carbocycles. The molecule has 1 unspecified atom stereocenters. The number of aryl methyl sites for hydroxylation is 1. The maximum Gasteiger partial charge on any atom is 0.247 e. The van der Waals surface area contributed by atoms with Gasteiger partial charge in [0.05, 0.1) is 29.9 Å². The fourth-order valence-electron chi connectivity index (χ4n) is 5.80. The van der Waals surface area contributed by atoms with E-state index in [1.807, 2.05) is 31.4 Å². The van der Waals surface area contributed by atoms with E-state index in [0.717, 1.165) is 52.9 Å². The highest BCUT2D eigenvalue weighted by Crippen LogP contribution is 2.39. The Morgan fingerprint density at radius 2 is 2.02 bits per heavy atom. The van der Waals surface area contributed by atoms with Gasteiger partial charge in [-0.1, -0.05) is 38.6 Å². The van der Waals surface area contributed by atoms with Gasteiger partial charge < -0.3 is 29.7 Å². The van der Waals surface area contributed by atoms with Crippen molar-refractivity contribution in [3.8, 4) is 17.0 Å². The number of benzene rings is 2. The number of rotatable bonds is 10. The molecule has 1 saturated heterocycles. The van der Waals surface area contributed by atoms with Crippen LogP contribution in [-0.4, -0.2) is 65.7 Å². The molecule has 5 rings (SSSR count). The van der Waals surface area contributed by atoms with Crippen molar-refractivity contribution in [2.75, 3.05) is 49.8 Å². The van der Waals surface area contributed by atoms with Gasteiger partial charge in [0.15, 0.2) is 0 Å². The van der Waals surface area contributed by atoms with Crippen LogP contribution >= 0.6 is 0 Å². The number of methoxy groups -OCH3 is 1. The number of nitrogens with zero attached hydrogens (tertiary/aromatic N) is 5. The Labute approximate surface area is 248 Å². The third-order valence-electron chi connectivity index (χ3n) is 8.17. The first-order valence-corrected chi connectivity index (χ1v) is 14.4. The Hall–Kier alpha value is -4.37. The number of carbonyl (C=O) groups is 1. The standard InChI is InChI=1S/C33H41N7O2/c1-8-31(41)35-26-16-27(30(42-7)17-29(26)39(5)19-22-12-11-15-38(22)4)36-33-34-18-24(21(2)3)32(37-33)25-20-40(6)28-14-10-9-13-23(25)28/h8-10,13-14,16-18,20-22H,1,11-12,15,19H2,2-7H3,(H,35,41)(H,34,36,37). The maximum absolute atomic E-state index is 12.5. The molecule has 9 nitrogen and oxygen atoms in total. The minimum Gasteiger partial charge on any atom is -0.494 e. The van der Waals surface area contributed by atoms with Crippen LogP contribution < -0.4 is 20.3 Å². The monoisotopic (exact) mass is 567 g/mol. The summed E-state index contributed by atoms with van der Waals surface area (Å²) >= 11 is 0. The summed E-state index contributed by atoms with van der Waals surface area (Å²) in [6, 6.07) is 12.6. The van der Waals surface area contributed by atoms with Crippen LogP contribution in [0.25, 0.3) is 22.2 Å². The molecule has 2 aromatic carbocycles. The molecular weight excluding hydrogens is 526 g/mol. The molecular formula is C33H41N7O2.